The van der Waals surface area contributed by atoms with E-state index in [4.69, 9.17) is 0 Å². The number of ketones is 1. The first-order valence-corrected chi connectivity index (χ1v) is 7.40. The van der Waals surface area contributed by atoms with Gasteiger partial charge in [0.05, 0.1) is 0 Å². The van der Waals surface area contributed by atoms with E-state index in [2.05, 4.69) is 41.6 Å². The second-order valence-electron chi connectivity index (χ2n) is 4.57. The van der Waals surface area contributed by atoms with Crippen LogP contribution in [0.1, 0.15) is 44.0 Å². The van der Waals surface area contributed by atoms with E-state index in [9.17, 15) is 4.79 Å². The van der Waals surface area contributed by atoms with Crippen molar-refractivity contribution in [3.05, 3.63) is 34.3 Å². The van der Waals surface area contributed by atoms with Gasteiger partial charge in [0.15, 0.2) is 5.78 Å². The maximum absolute atomic E-state index is 12.0. The molecule has 2 nitrogen and oxygen atoms in total. The Morgan fingerprint density at radius 3 is 2.39 bits per heavy atom. The Labute approximate surface area is 119 Å². The monoisotopic (exact) mass is 311 g/mol. The van der Waals surface area contributed by atoms with Crippen LogP contribution in [0.2, 0.25) is 0 Å². The molecule has 0 aromatic heterocycles. The topological polar surface area (TPSA) is 20.3 Å². The molecule has 1 atom stereocenters. The SMILES string of the molecule is CCC(C)N(CC)CCC(=O)c1ccc(Br)cc1. The number of rotatable bonds is 7. The molecule has 0 aliphatic carbocycles. The summed E-state index contributed by atoms with van der Waals surface area (Å²) in [6, 6.07) is 8.14. The van der Waals surface area contributed by atoms with E-state index in [0.29, 0.717) is 12.5 Å². The molecular weight excluding hydrogens is 290 g/mol. The molecule has 1 rings (SSSR count). The summed E-state index contributed by atoms with van der Waals surface area (Å²) in [5.41, 5.74) is 0.804. The van der Waals surface area contributed by atoms with Gasteiger partial charge in [-0.25, -0.2) is 0 Å². The summed E-state index contributed by atoms with van der Waals surface area (Å²) in [5.74, 6) is 0.226. The zero-order chi connectivity index (χ0) is 13.5. The van der Waals surface area contributed by atoms with Gasteiger partial charge in [-0.05, 0) is 32.0 Å². The summed E-state index contributed by atoms with van der Waals surface area (Å²) in [6.07, 6.45) is 1.72. The van der Waals surface area contributed by atoms with Crippen LogP contribution in [0.4, 0.5) is 0 Å². The number of halogens is 1. The third-order valence-electron chi connectivity index (χ3n) is 3.41. The minimum atomic E-state index is 0.226. The zero-order valence-corrected chi connectivity index (χ0v) is 13.0. The van der Waals surface area contributed by atoms with Crippen LogP contribution in [-0.2, 0) is 0 Å². The fraction of sp³-hybridized carbons (Fsp3) is 0.533. The average Bonchev–Trinajstić information content (AvgIpc) is 2.39. The highest BCUT2D eigenvalue weighted by atomic mass is 79.9. The van der Waals surface area contributed by atoms with Crippen molar-refractivity contribution < 1.29 is 4.79 Å². The Hall–Kier alpha value is -0.670. The summed E-state index contributed by atoms with van der Waals surface area (Å²) >= 11 is 3.38. The van der Waals surface area contributed by atoms with Gasteiger partial charge in [-0.1, -0.05) is 41.9 Å². The molecule has 1 unspecified atom stereocenters. The van der Waals surface area contributed by atoms with Crippen molar-refractivity contribution in [1.82, 2.24) is 4.90 Å². The lowest BCUT2D eigenvalue weighted by molar-refractivity contribution is 0.0954. The molecular formula is C15H22BrNO. The van der Waals surface area contributed by atoms with E-state index in [1.54, 1.807) is 0 Å². The highest BCUT2D eigenvalue weighted by Crippen LogP contribution is 2.13. The van der Waals surface area contributed by atoms with Crippen molar-refractivity contribution in [2.24, 2.45) is 0 Å². The van der Waals surface area contributed by atoms with Gasteiger partial charge >= 0.3 is 0 Å². The molecule has 1 aromatic rings. The van der Waals surface area contributed by atoms with E-state index < -0.39 is 0 Å². The van der Waals surface area contributed by atoms with Gasteiger partial charge < -0.3 is 4.90 Å². The number of carbonyl (C=O) groups excluding carboxylic acids is 1. The van der Waals surface area contributed by atoms with Gasteiger partial charge in [0.2, 0.25) is 0 Å². The summed E-state index contributed by atoms with van der Waals surface area (Å²) in [6.45, 7) is 8.40. The molecule has 0 saturated heterocycles. The third kappa shape index (κ3) is 4.54. The van der Waals surface area contributed by atoms with Crippen LogP contribution in [-0.4, -0.2) is 29.8 Å². The molecule has 0 bridgehead atoms. The fourth-order valence-electron chi connectivity index (χ4n) is 1.97. The zero-order valence-electron chi connectivity index (χ0n) is 11.4. The van der Waals surface area contributed by atoms with Crippen LogP contribution in [0.25, 0.3) is 0 Å². The Balaban J connectivity index is 2.52. The summed E-state index contributed by atoms with van der Waals surface area (Å²) in [7, 11) is 0. The molecule has 0 radical (unpaired) electrons. The van der Waals surface area contributed by atoms with Gasteiger partial charge in [-0.2, -0.15) is 0 Å². The molecule has 0 heterocycles. The second-order valence-corrected chi connectivity index (χ2v) is 5.48. The maximum atomic E-state index is 12.0. The lowest BCUT2D eigenvalue weighted by Gasteiger charge is -2.26. The molecule has 0 aliphatic heterocycles. The van der Waals surface area contributed by atoms with Gasteiger partial charge in [0.1, 0.15) is 0 Å². The largest absolute Gasteiger partial charge is 0.300 e. The number of nitrogens with zero attached hydrogens (tertiary/aromatic N) is 1. The Bertz CT molecular complexity index is 375. The molecule has 0 spiro atoms. The Morgan fingerprint density at radius 1 is 1.28 bits per heavy atom. The predicted octanol–water partition coefficient (Wildman–Crippen LogP) is 4.14. The van der Waals surface area contributed by atoms with E-state index >= 15 is 0 Å². The van der Waals surface area contributed by atoms with Gasteiger partial charge in [-0.3, -0.25) is 4.79 Å². The first-order chi connectivity index (χ1) is 8.58. The van der Waals surface area contributed by atoms with Crippen LogP contribution in [0.3, 0.4) is 0 Å². The summed E-state index contributed by atoms with van der Waals surface area (Å²) in [4.78, 5) is 14.4. The van der Waals surface area contributed by atoms with Crippen molar-refractivity contribution in [1.29, 1.82) is 0 Å². The van der Waals surface area contributed by atoms with E-state index in [1.165, 1.54) is 0 Å². The quantitative estimate of drug-likeness (QED) is 0.705. The van der Waals surface area contributed by atoms with Gasteiger partial charge in [0.25, 0.3) is 0 Å². The van der Waals surface area contributed by atoms with Crippen LogP contribution in [0.5, 0.6) is 0 Å². The van der Waals surface area contributed by atoms with Crippen LogP contribution in [0, 0.1) is 0 Å². The van der Waals surface area contributed by atoms with Gasteiger partial charge in [0, 0.05) is 29.0 Å². The average molecular weight is 312 g/mol. The predicted molar refractivity (Wildman–Crippen MR) is 80.1 cm³/mol. The van der Waals surface area contributed by atoms with Crippen LogP contribution < -0.4 is 0 Å². The lowest BCUT2D eigenvalue weighted by atomic mass is 10.1. The molecule has 0 saturated carbocycles. The Morgan fingerprint density at radius 2 is 1.89 bits per heavy atom. The van der Waals surface area contributed by atoms with Crippen molar-refractivity contribution in [2.75, 3.05) is 13.1 Å². The number of hydrogen-bond donors (Lipinski definition) is 0. The third-order valence-corrected chi connectivity index (χ3v) is 3.94. The van der Waals surface area contributed by atoms with Crippen molar-refractivity contribution in [3.8, 4) is 0 Å². The van der Waals surface area contributed by atoms with Gasteiger partial charge in [-0.15, -0.1) is 0 Å². The minimum absolute atomic E-state index is 0.226. The molecule has 1 aromatic carbocycles. The summed E-state index contributed by atoms with van der Waals surface area (Å²) in [5, 5.41) is 0. The van der Waals surface area contributed by atoms with E-state index in [0.717, 1.165) is 29.5 Å². The number of carbonyl (C=O) groups is 1. The minimum Gasteiger partial charge on any atom is -0.300 e. The first-order valence-electron chi connectivity index (χ1n) is 6.61. The molecule has 0 fully saturated rings. The molecule has 18 heavy (non-hydrogen) atoms. The highest BCUT2D eigenvalue weighted by molar-refractivity contribution is 9.10. The van der Waals surface area contributed by atoms with E-state index in [1.807, 2.05) is 24.3 Å². The number of Topliss-reactive ketones (excluding diaryl/α,β-unsaturated/α-hetero) is 1. The smallest absolute Gasteiger partial charge is 0.164 e. The van der Waals surface area contributed by atoms with E-state index in [-0.39, 0.29) is 5.78 Å². The molecule has 0 amide bonds. The maximum Gasteiger partial charge on any atom is 0.164 e. The molecule has 100 valence electrons. The highest BCUT2D eigenvalue weighted by Gasteiger charge is 2.12. The lowest BCUT2D eigenvalue weighted by Crippen LogP contribution is -2.34. The standard InChI is InChI=1S/C15H22BrNO/c1-4-12(3)17(5-2)11-10-15(18)13-6-8-14(16)9-7-13/h6-9,12H,4-5,10-11H2,1-3H3. The molecule has 0 N–H and O–H groups in total. The van der Waals surface area contributed by atoms with Crippen molar-refractivity contribution >= 4 is 21.7 Å². The molecule has 0 aliphatic rings. The van der Waals surface area contributed by atoms with Crippen molar-refractivity contribution in [3.63, 3.8) is 0 Å². The first kappa shape index (κ1) is 15.4. The second kappa shape index (κ2) is 7.70. The number of hydrogen-bond acceptors (Lipinski definition) is 2. The molecule has 3 heteroatoms. The summed E-state index contributed by atoms with van der Waals surface area (Å²) < 4.78 is 1.01. The van der Waals surface area contributed by atoms with Crippen LogP contribution in [0.15, 0.2) is 28.7 Å². The normalized spacial score (nSPS) is 12.7. The fourth-order valence-corrected chi connectivity index (χ4v) is 2.24. The van der Waals surface area contributed by atoms with Crippen LogP contribution >= 0.6 is 15.9 Å². The number of benzene rings is 1. The Kier molecular flexibility index (Phi) is 6.58. The van der Waals surface area contributed by atoms with Crippen molar-refractivity contribution in [2.45, 2.75) is 39.7 Å².